The van der Waals surface area contributed by atoms with Crippen LogP contribution < -0.4 is 5.32 Å². The number of aromatic carboxylic acids is 1. The molecule has 0 radical (unpaired) electrons. The highest BCUT2D eigenvalue weighted by Gasteiger charge is 2.00. The second kappa shape index (κ2) is 6.80. The number of carboxylic acids is 1. The normalized spacial score (nSPS) is 10.0. The molecule has 0 aromatic heterocycles. The van der Waals surface area contributed by atoms with E-state index in [-0.39, 0.29) is 0 Å². The van der Waals surface area contributed by atoms with Crippen molar-refractivity contribution in [2.24, 2.45) is 0 Å². The number of allylic oxidation sites excluding steroid dienone is 1. The van der Waals surface area contributed by atoms with Crippen molar-refractivity contribution in [1.82, 2.24) is 5.32 Å². The summed E-state index contributed by atoms with van der Waals surface area (Å²) >= 11 is 0. The van der Waals surface area contributed by atoms with Gasteiger partial charge in [0, 0.05) is 6.54 Å². The SMILES string of the molecule is C=CCCCNCc1ccc(C(=O)O)cc1. The quantitative estimate of drug-likeness (QED) is 0.547. The van der Waals surface area contributed by atoms with Crippen LogP contribution >= 0.6 is 0 Å². The van der Waals surface area contributed by atoms with E-state index in [1.807, 2.05) is 18.2 Å². The molecule has 1 aromatic rings. The first-order valence-electron chi connectivity index (χ1n) is 5.38. The Morgan fingerprint density at radius 1 is 1.38 bits per heavy atom. The molecule has 2 N–H and O–H groups in total. The molecule has 0 heterocycles. The molecular formula is C13H17NO2. The van der Waals surface area contributed by atoms with Crippen LogP contribution in [0.5, 0.6) is 0 Å². The molecule has 0 unspecified atom stereocenters. The number of rotatable bonds is 7. The van der Waals surface area contributed by atoms with Gasteiger partial charge in [-0.2, -0.15) is 0 Å². The summed E-state index contributed by atoms with van der Waals surface area (Å²) in [5.41, 5.74) is 1.43. The highest BCUT2D eigenvalue weighted by molar-refractivity contribution is 5.87. The number of nitrogens with one attached hydrogen (secondary N) is 1. The first-order valence-corrected chi connectivity index (χ1v) is 5.38. The van der Waals surface area contributed by atoms with Crippen molar-refractivity contribution in [3.63, 3.8) is 0 Å². The maximum absolute atomic E-state index is 10.6. The van der Waals surface area contributed by atoms with Crippen molar-refractivity contribution in [1.29, 1.82) is 0 Å². The minimum atomic E-state index is -0.884. The van der Waals surface area contributed by atoms with E-state index in [0.717, 1.165) is 31.5 Å². The van der Waals surface area contributed by atoms with E-state index >= 15 is 0 Å². The topological polar surface area (TPSA) is 49.3 Å². The summed E-state index contributed by atoms with van der Waals surface area (Å²) in [5.74, 6) is -0.884. The van der Waals surface area contributed by atoms with Crippen LogP contribution in [0.15, 0.2) is 36.9 Å². The van der Waals surface area contributed by atoms with Crippen LogP contribution in [-0.4, -0.2) is 17.6 Å². The Balaban J connectivity index is 2.32. The second-order valence-corrected chi connectivity index (χ2v) is 3.61. The van der Waals surface area contributed by atoms with Gasteiger partial charge in [-0.25, -0.2) is 4.79 Å². The molecule has 16 heavy (non-hydrogen) atoms. The van der Waals surface area contributed by atoms with E-state index in [1.165, 1.54) is 0 Å². The summed E-state index contributed by atoms with van der Waals surface area (Å²) < 4.78 is 0. The maximum Gasteiger partial charge on any atom is 0.335 e. The zero-order chi connectivity index (χ0) is 11.8. The summed E-state index contributed by atoms with van der Waals surface area (Å²) in [6.45, 7) is 5.39. The third kappa shape index (κ3) is 4.28. The molecule has 3 nitrogen and oxygen atoms in total. The lowest BCUT2D eigenvalue weighted by Crippen LogP contribution is -2.14. The maximum atomic E-state index is 10.6. The van der Waals surface area contributed by atoms with Gasteiger partial charge in [0.1, 0.15) is 0 Å². The van der Waals surface area contributed by atoms with Gasteiger partial charge in [-0.3, -0.25) is 0 Å². The predicted molar refractivity (Wildman–Crippen MR) is 64.5 cm³/mol. The Labute approximate surface area is 95.8 Å². The lowest BCUT2D eigenvalue weighted by atomic mass is 10.1. The molecule has 0 atom stereocenters. The Hall–Kier alpha value is -1.61. The van der Waals surface area contributed by atoms with Crippen molar-refractivity contribution >= 4 is 5.97 Å². The van der Waals surface area contributed by atoms with E-state index in [0.29, 0.717) is 5.56 Å². The van der Waals surface area contributed by atoms with E-state index in [4.69, 9.17) is 5.11 Å². The fraction of sp³-hybridized carbons (Fsp3) is 0.308. The fourth-order valence-corrected chi connectivity index (χ4v) is 1.37. The largest absolute Gasteiger partial charge is 0.478 e. The minimum absolute atomic E-state index is 0.329. The van der Waals surface area contributed by atoms with Crippen LogP contribution in [-0.2, 0) is 6.54 Å². The Morgan fingerprint density at radius 3 is 2.62 bits per heavy atom. The third-order valence-electron chi connectivity index (χ3n) is 2.29. The molecule has 0 aliphatic carbocycles. The van der Waals surface area contributed by atoms with Crippen molar-refractivity contribution in [2.75, 3.05) is 6.54 Å². The number of carbonyl (C=O) groups is 1. The molecule has 0 spiro atoms. The zero-order valence-electron chi connectivity index (χ0n) is 9.28. The molecule has 0 fully saturated rings. The molecule has 0 amide bonds. The highest BCUT2D eigenvalue weighted by Crippen LogP contribution is 2.04. The number of benzene rings is 1. The van der Waals surface area contributed by atoms with Crippen molar-refractivity contribution < 1.29 is 9.90 Å². The highest BCUT2D eigenvalue weighted by atomic mass is 16.4. The Bertz CT molecular complexity index is 343. The van der Waals surface area contributed by atoms with Gasteiger partial charge >= 0.3 is 5.97 Å². The third-order valence-corrected chi connectivity index (χ3v) is 2.29. The molecule has 3 heteroatoms. The average molecular weight is 219 g/mol. The van der Waals surface area contributed by atoms with E-state index in [1.54, 1.807) is 12.1 Å². The van der Waals surface area contributed by atoms with Crippen LogP contribution in [0.25, 0.3) is 0 Å². The molecule has 0 saturated heterocycles. The molecule has 0 saturated carbocycles. The Kier molecular flexibility index (Phi) is 5.29. The Morgan fingerprint density at radius 2 is 2.06 bits per heavy atom. The van der Waals surface area contributed by atoms with Crippen LogP contribution in [0.3, 0.4) is 0 Å². The molecule has 1 aromatic carbocycles. The average Bonchev–Trinajstić information content (AvgIpc) is 2.29. The van der Waals surface area contributed by atoms with Crippen LogP contribution in [0.1, 0.15) is 28.8 Å². The summed E-state index contributed by atoms with van der Waals surface area (Å²) in [5, 5.41) is 12.0. The van der Waals surface area contributed by atoms with Crippen LogP contribution in [0.2, 0.25) is 0 Å². The number of hydrogen-bond acceptors (Lipinski definition) is 2. The lowest BCUT2D eigenvalue weighted by molar-refractivity contribution is 0.0697. The molecule has 0 aliphatic rings. The predicted octanol–water partition coefficient (Wildman–Crippen LogP) is 2.44. The summed E-state index contributed by atoms with van der Waals surface area (Å²) in [6, 6.07) is 6.93. The van der Waals surface area contributed by atoms with Gasteiger partial charge in [0.15, 0.2) is 0 Å². The summed E-state index contributed by atoms with van der Waals surface area (Å²) in [4.78, 5) is 10.6. The van der Waals surface area contributed by atoms with Gasteiger partial charge in [0.2, 0.25) is 0 Å². The fourth-order valence-electron chi connectivity index (χ4n) is 1.37. The van der Waals surface area contributed by atoms with Crippen molar-refractivity contribution in [3.8, 4) is 0 Å². The van der Waals surface area contributed by atoms with Gasteiger partial charge in [0.05, 0.1) is 5.56 Å². The first kappa shape index (κ1) is 12.5. The summed E-state index contributed by atoms with van der Waals surface area (Å²) in [7, 11) is 0. The van der Waals surface area contributed by atoms with E-state index in [9.17, 15) is 4.79 Å². The molecule has 1 rings (SSSR count). The monoisotopic (exact) mass is 219 g/mol. The van der Waals surface area contributed by atoms with Crippen LogP contribution in [0, 0.1) is 0 Å². The zero-order valence-corrected chi connectivity index (χ0v) is 9.28. The van der Waals surface area contributed by atoms with Gasteiger partial charge in [-0.15, -0.1) is 6.58 Å². The van der Waals surface area contributed by atoms with Crippen molar-refractivity contribution in [2.45, 2.75) is 19.4 Å². The molecule has 0 bridgehead atoms. The number of unbranched alkanes of at least 4 members (excludes halogenated alkanes) is 1. The summed E-state index contributed by atoms with van der Waals surface area (Å²) in [6.07, 6.45) is 4.00. The first-order chi connectivity index (χ1) is 7.74. The van der Waals surface area contributed by atoms with Gasteiger partial charge in [-0.05, 0) is 37.1 Å². The van der Waals surface area contributed by atoms with Crippen molar-refractivity contribution in [3.05, 3.63) is 48.0 Å². The molecule has 86 valence electrons. The molecule has 0 aliphatic heterocycles. The number of carboxylic acid groups (broad SMARTS) is 1. The minimum Gasteiger partial charge on any atom is -0.478 e. The standard InChI is InChI=1S/C13H17NO2/c1-2-3-4-9-14-10-11-5-7-12(8-6-11)13(15)16/h2,5-8,14H,1,3-4,9-10H2,(H,15,16). The second-order valence-electron chi connectivity index (χ2n) is 3.61. The van der Waals surface area contributed by atoms with Gasteiger partial charge in [-0.1, -0.05) is 18.2 Å². The molecular weight excluding hydrogens is 202 g/mol. The van der Waals surface area contributed by atoms with E-state index < -0.39 is 5.97 Å². The van der Waals surface area contributed by atoms with Gasteiger partial charge < -0.3 is 10.4 Å². The number of hydrogen-bond donors (Lipinski definition) is 2. The van der Waals surface area contributed by atoms with E-state index in [2.05, 4.69) is 11.9 Å². The smallest absolute Gasteiger partial charge is 0.335 e. The lowest BCUT2D eigenvalue weighted by Gasteiger charge is -2.04. The van der Waals surface area contributed by atoms with Gasteiger partial charge in [0.25, 0.3) is 0 Å². The van der Waals surface area contributed by atoms with Crippen LogP contribution in [0.4, 0.5) is 0 Å².